The molecule has 244 valence electrons. The second kappa shape index (κ2) is 20.0. The summed E-state index contributed by atoms with van der Waals surface area (Å²) in [4.78, 5) is 24.2. The van der Waals surface area contributed by atoms with E-state index in [1.165, 1.54) is 18.2 Å². The van der Waals surface area contributed by atoms with Crippen LogP contribution >= 0.6 is 0 Å². The van der Waals surface area contributed by atoms with Gasteiger partial charge in [-0.3, -0.25) is 0 Å². The molecule has 0 heterocycles. The van der Waals surface area contributed by atoms with E-state index in [0.29, 0.717) is 51.9 Å². The molecule has 10 nitrogen and oxygen atoms in total. The van der Waals surface area contributed by atoms with Gasteiger partial charge in [-0.1, -0.05) is 48.5 Å². The lowest BCUT2D eigenvalue weighted by Crippen LogP contribution is -2.28. The van der Waals surface area contributed by atoms with Crippen LogP contribution in [0.5, 0.6) is 0 Å². The number of carbonyl (C=O) groups excluding carboxylic acids is 2. The predicted octanol–water partition coefficient (Wildman–Crippen LogP) is 5.60. The summed E-state index contributed by atoms with van der Waals surface area (Å²) in [5.74, 6) is -0.636. The number of halogens is 3. The zero-order valence-corrected chi connectivity index (χ0v) is 24.7. The van der Waals surface area contributed by atoms with Crippen LogP contribution < -0.4 is 10.6 Å². The molecule has 3 aromatic rings. The minimum atomic E-state index is -4.48. The number of ether oxygens (including phenoxy) is 6. The van der Waals surface area contributed by atoms with Crippen molar-refractivity contribution < 1.29 is 51.2 Å². The van der Waals surface area contributed by atoms with Gasteiger partial charge in [0.1, 0.15) is 13.2 Å². The summed E-state index contributed by atoms with van der Waals surface area (Å²) in [5, 5.41) is 5.46. The largest absolute Gasteiger partial charge is 0.460 e. The minimum Gasteiger partial charge on any atom is -0.460 e. The number of amides is 1. The van der Waals surface area contributed by atoms with E-state index < -0.39 is 23.8 Å². The van der Waals surface area contributed by atoms with E-state index in [2.05, 4.69) is 10.6 Å². The van der Waals surface area contributed by atoms with E-state index in [4.69, 9.17) is 28.4 Å². The summed E-state index contributed by atoms with van der Waals surface area (Å²) in [6, 6.07) is 20.5. The summed E-state index contributed by atoms with van der Waals surface area (Å²) < 4.78 is 71.0. The van der Waals surface area contributed by atoms with Crippen molar-refractivity contribution in [3.63, 3.8) is 0 Å². The maximum absolute atomic E-state index is 13.0. The number of hydrogen-bond donors (Lipinski definition) is 2. The number of rotatable bonds is 20. The van der Waals surface area contributed by atoms with Crippen LogP contribution in [0.1, 0.15) is 21.5 Å². The van der Waals surface area contributed by atoms with Crippen LogP contribution in [0.2, 0.25) is 0 Å². The van der Waals surface area contributed by atoms with E-state index in [1.807, 2.05) is 30.3 Å². The van der Waals surface area contributed by atoms with E-state index in [9.17, 15) is 22.8 Å². The molecule has 45 heavy (non-hydrogen) atoms. The molecule has 0 fully saturated rings. The van der Waals surface area contributed by atoms with Gasteiger partial charge in [-0.05, 0) is 35.9 Å². The first-order valence-electron chi connectivity index (χ1n) is 14.3. The van der Waals surface area contributed by atoms with E-state index in [1.54, 1.807) is 18.2 Å². The highest BCUT2D eigenvalue weighted by atomic mass is 19.4. The van der Waals surface area contributed by atoms with Crippen LogP contribution in [0.4, 0.5) is 29.3 Å². The fourth-order valence-electron chi connectivity index (χ4n) is 3.73. The lowest BCUT2D eigenvalue weighted by atomic mass is 10.1. The Morgan fingerprint density at radius 1 is 0.644 bits per heavy atom. The highest BCUT2D eigenvalue weighted by Crippen LogP contribution is 2.32. The molecule has 0 aliphatic rings. The van der Waals surface area contributed by atoms with E-state index >= 15 is 0 Å². The van der Waals surface area contributed by atoms with Crippen LogP contribution in [-0.4, -0.2) is 78.1 Å². The molecule has 2 N–H and O–H groups in total. The van der Waals surface area contributed by atoms with Crippen LogP contribution in [0.25, 0.3) is 0 Å². The first-order valence-corrected chi connectivity index (χ1v) is 14.3. The van der Waals surface area contributed by atoms with Crippen molar-refractivity contribution >= 4 is 23.4 Å². The molecule has 0 atom stereocenters. The van der Waals surface area contributed by atoms with Gasteiger partial charge < -0.3 is 39.1 Å². The standard InChI is InChI=1S/C32H37F3N2O8/c33-32(34,35)26-9-6-10-27(23-26)37-29-12-5-4-11-28(29)30(38)44-22-21-43-20-19-42-18-17-41-16-15-40-14-13-36-31(39)45-24-25-7-2-1-3-8-25/h1-12,23,37H,13-22,24H2,(H,36,39). The zero-order valence-electron chi connectivity index (χ0n) is 24.7. The van der Waals surface area contributed by atoms with Crippen molar-refractivity contribution in [2.45, 2.75) is 12.8 Å². The van der Waals surface area contributed by atoms with Crippen molar-refractivity contribution in [2.75, 3.05) is 71.3 Å². The second-order valence-corrected chi connectivity index (χ2v) is 9.32. The molecule has 0 spiro atoms. The Bertz CT molecular complexity index is 1290. The summed E-state index contributed by atoms with van der Waals surface area (Å²) >= 11 is 0. The van der Waals surface area contributed by atoms with Gasteiger partial charge in [-0.25, -0.2) is 9.59 Å². The Morgan fingerprint density at radius 2 is 1.24 bits per heavy atom. The normalized spacial score (nSPS) is 11.2. The molecule has 13 heteroatoms. The first-order chi connectivity index (χ1) is 21.8. The van der Waals surface area contributed by atoms with Gasteiger partial charge >= 0.3 is 18.2 Å². The number of carbonyl (C=O) groups is 2. The monoisotopic (exact) mass is 634 g/mol. The minimum absolute atomic E-state index is 0.00969. The average molecular weight is 635 g/mol. The quantitative estimate of drug-likeness (QED) is 0.121. The van der Waals surface area contributed by atoms with Crippen LogP contribution in [-0.2, 0) is 41.2 Å². The van der Waals surface area contributed by atoms with Crippen molar-refractivity contribution in [1.29, 1.82) is 0 Å². The number of esters is 1. The maximum Gasteiger partial charge on any atom is 0.416 e. The third-order valence-corrected chi connectivity index (χ3v) is 5.92. The SMILES string of the molecule is O=C(NCCOCCOCCOCCOCCOC(=O)c1ccccc1Nc1cccc(C(F)(F)F)c1)OCc1ccccc1. The van der Waals surface area contributed by atoms with Gasteiger partial charge in [0.25, 0.3) is 0 Å². The Labute approximate surface area is 259 Å². The summed E-state index contributed by atoms with van der Waals surface area (Å²) in [6.45, 7) is 3.09. The fourth-order valence-corrected chi connectivity index (χ4v) is 3.73. The Hall–Kier alpha value is -4.17. The van der Waals surface area contributed by atoms with Gasteiger partial charge in [0, 0.05) is 12.2 Å². The third-order valence-electron chi connectivity index (χ3n) is 5.92. The van der Waals surface area contributed by atoms with Crippen molar-refractivity contribution in [1.82, 2.24) is 5.32 Å². The zero-order chi connectivity index (χ0) is 32.2. The summed E-state index contributed by atoms with van der Waals surface area (Å²) in [5.41, 5.74) is 0.800. The molecule has 0 saturated heterocycles. The number of anilines is 2. The molecule has 0 aromatic heterocycles. The topological polar surface area (TPSA) is 114 Å². The van der Waals surface area contributed by atoms with Crippen molar-refractivity contribution in [2.24, 2.45) is 0 Å². The molecule has 0 aliphatic carbocycles. The lowest BCUT2D eigenvalue weighted by molar-refractivity contribution is -0.137. The highest BCUT2D eigenvalue weighted by molar-refractivity contribution is 5.96. The molecular weight excluding hydrogens is 597 g/mol. The number of para-hydroxylation sites is 1. The van der Waals surface area contributed by atoms with Gasteiger partial charge in [0.05, 0.1) is 69.7 Å². The van der Waals surface area contributed by atoms with E-state index in [-0.39, 0.29) is 37.7 Å². The molecule has 0 unspecified atom stereocenters. The van der Waals surface area contributed by atoms with E-state index in [0.717, 1.165) is 17.7 Å². The van der Waals surface area contributed by atoms with Crippen LogP contribution in [0, 0.1) is 0 Å². The Kier molecular flexibility index (Phi) is 15.7. The molecule has 0 saturated carbocycles. The van der Waals surface area contributed by atoms with Crippen LogP contribution in [0.3, 0.4) is 0 Å². The van der Waals surface area contributed by atoms with Crippen LogP contribution in [0.15, 0.2) is 78.9 Å². The molecule has 0 radical (unpaired) electrons. The maximum atomic E-state index is 13.0. The fraction of sp³-hybridized carbons (Fsp3) is 0.375. The van der Waals surface area contributed by atoms with Gasteiger partial charge in [0.2, 0.25) is 0 Å². The molecule has 1 amide bonds. The molecular formula is C32H37F3N2O8. The summed E-state index contributed by atoms with van der Waals surface area (Å²) in [7, 11) is 0. The number of benzene rings is 3. The predicted molar refractivity (Wildman–Crippen MR) is 159 cm³/mol. The second-order valence-electron chi connectivity index (χ2n) is 9.32. The van der Waals surface area contributed by atoms with Gasteiger partial charge in [-0.2, -0.15) is 13.2 Å². The third kappa shape index (κ3) is 14.4. The highest BCUT2D eigenvalue weighted by Gasteiger charge is 2.30. The average Bonchev–Trinajstić information content (AvgIpc) is 3.04. The molecule has 3 rings (SSSR count). The molecule has 0 aliphatic heterocycles. The Balaban J connectivity index is 1.14. The smallest absolute Gasteiger partial charge is 0.416 e. The van der Waals surface area contributed by atoms with Gasteiger partial charge in [0.15, 0.2) is 0 Å². The van der Waals surface area contributed by atoms with Crippen molar-refractivity contribution in [3.8, 4) is 0 Å². The van der Waals surface area contributed by atoms with Crippen molar-refractivity contribution in [3.05, 3.63) is 95.6 Å². The van der Waals surface area contributed by atoms with Gasteiger partial charge in [-0.15, -0.1) is 0 Å². The number of hydrogen-bond acceptors (Lipinski definition) is 9. The number of nitrogens with one attached hydrogen (secondary N) is 2. The first kappa shape index (κ1) is 35.3. The lowest BCUT2D eigenvalue weighted by Gasteiger charge is -2.13. The molecule has 0 bridgehead atoms. The Morgan fingerprint density at radius 3 is 1.91 bits per heavy atom. The summed E-state index contributed by atoms with van der Waals surface area (Å²) in [6.07, 6.45) is -4.98. The number of alkyl carbamates (subject to hydrolysis) is 1. The molecule has 3 aromatic carbocycles. The number of alkyl halides is 3.